The van der Waals surface area contributed by atoms with Crippen LogP contribution in [0, 0.1) is 6.92 Å². The van der Waals surface area contributed by atoms with Gasteiger partial charge in [-0.2, -0.15) is 4.99 Å². The number of aryl methyl sites for hydroxylation is 1. The average Bonchev–Trinajstić information content (AvgIpc) is 2.28. The molecule has 0 atom stereocenters. The van der Waals surface area contributed by atoms with Crippen LogP contribution < -0.4 is 11.5 Å². The van der Waals surface area contributed by atoms with Crippen LogP contribution >= 0.6 is 0 Å². The summed E-state index contributed by atoms with van der Waals surface area (Å²) in [5, 5.41) is 1.90. The highest BCUT2D eigenvalue weighted by Crippen LogP contribution is 2.22. The number of benzene rings is 2. The first-order chi connectivity index (χ1) is 8.09. The summed E-state index contributed by atoms with van der Waals surface area (Å²) < 4.78 is 0. The van der Waals surface area contributed by atoms with Gasteiger partial charge in [-0.1, -0.05) is 30.3 Å². The molecule has 17 heavy (non-hydrogen) atoms. The summed E-state index contributed by atoms with van der Waals surface area (Å²) in [5.74, 6) is -0.638. The van der Waals surface area contributed by atoms with Crippen molar-refractivity contribution in [3.63, 3.8) is 0 Å². The number of rotatable bonds is 1. The van der Waals surface area contributed by atoms with Crippen molar-refractivity contribution in [3.05, 3.63) is 47.5 Å². The number of carbonyl (C=O) groups is 1. The van der Waals surface area contributed by atoms with Crippen molar-refractivity contribution in [1.29, 1.82) is 0 Å². The fourth-order valence-electron chi connectivity index (χ4n) is 1.83. The molecule has 4 heteroatoms. The van der Waals surface area contributed by atoms with Gasteiger partial charge in [-0.05, 0) is 29.3 Å². The van der Waals surface area contributed by atoms with Gasteiger partial charge in [0, 0.05) is 5.56 Å². The van der Waals surface area contributed by atoms with E-state index in [4.69, 9.17) is 11.5 Å². The Morgan fingerprint density at radius 3 is 2.41 bits per heavy atom. The summed E-state index contributed by atoms with van der Waals surface area (Å²) in [5.41, 5.74) is 12.0. The van der Waals surface area contributed by atoms with Crippen LogP contribution in [-0.4, -0.2) is 11.9 Å². The average molecular weight is 227 g/mol. The molecule has 4 nitrogen and oxygen atoms in total. The number of carbonyl (C=O) groups excluding carboxylic acids is 1. The molecule has 2 aromatic rings. The van der Waals surface area contributed by atoms with Gasteiger partial charge in [-0.25, -0.2) is 0 Å². The summed E-state index contributed by atoms with van der Waals surface area (Å²) >= 11 is 0. The Morgan fingerprint density at radius 2 is 1.71 bits per heavy atom. The fraction of sp³-hybridized carbons (Fsp3) is 0.0769. The maximum atomic E-state index is 11.8. The molecule has 1 amide bonds. The standard InChI is InChI=1S/C13H13N3O/c1-8-4-2-6-10-9(8)5-3-7-11(10)12(17)16-13(14)15/h2-7H,1H3,(H4,14,15,16,17). The number of hydrogen-bond donors (Lipinski definition) is 2. The van der Waals surface area contributed by atoms with Gasteiger partial charge < -0.3 is 11.5 Å². The molecule has 0 unspecified atom stereocenters. The summed E-state index contributed by atoms with van der Waals surface area (Å²) in [7, 11) is 0. The van der Waals surface area contributed by atoms with Gasteiger partial charge in [0.05, 0.1) is 0 Å². The smallest absolute Gasteiger partial charge is 0.280 e. The number of amides is 1. The second-order valence-electron chi connectivity index (χ2n) is 3.82. The molecule has 2 rings (SSSR count). The number of hydrogen-bond acceptors (Lipinski definition) is 1. The van der Waals surface area contributed by atoms with Gasteiger partial charge in [0.1, 0.15) is 0 Å². The molecule has 0 aliphatic heterocycles. The minimum Gasteiger partial charge on any atom is -0.370 e. The number of nitrogens with two attached hydrogens (primary N) is 2. The molecule has 0 saturated heterocycles. The second-order valence-corrected chi connectivity index (χ2v) is 3.82. The predicted molar refractivity (Wildman–Crippen MR) is 68.8 cm³/mol. The van der Waals surface area contributed by atoms with Gasteiger partial charge in [0.25, 0.3) is 5.91 Å². The quantitative estimate of drug-likeness (QED) is 0.573. The first-order valence-corrected chi connectivity index (χ1v) is 5.22. The molecule has 0 spiro atoms. The molecule has 0 heterocycles. The van der Waals surface area contributed by atoms with E-state index in [0.29, 0.717) is 5.56 Å². The second kappa shape index (κ2) is 4.25. The monoisotopic (exact) mass is 227 g/mol. The Hall–Kier alpha value is -2.36. The summed E-state index contributed by atoms with van der Waals surface area (Å²) in [4.78, 5) is 15.4. The van der Waals surface area contributed by atoms with Gasteiger partial charge in [0.2, 0.25) is 0 Å². The lowest BCUT2D eigenvalue weighted by Crippen LogP contribution is -2.24. The van der Waals surface area contributed by atoms with Crippen LogP contribution in [0.4, 0.5) is 0 Å². The van der Waals surface area contributed by atoms with Crippen molar-refractivity contribution < 1.29 is 4.79 Å². The van der Waals surface area contributed by atoms with Crippen molar-refractivity contribution in [2.75, 3.05) is 0 Å². The molecular weight excluding hydrogens is 214 g/mol. The van der Waals surface area contributed by atoms with E-state index in [9.17, 15) is 4.79 Å². The lowest BCUT2D eigenvalue weighted by atomic mass is 10.0. The van der Waals surface area contributed by atoms with E-state index in [1.807, 2.05) is 37.3 Å². The first-order valence-electron chi connectivity index (χ1n) is 5.22. The molecule has 0 saturated carbocycles. The van der Waals surface area contributed by atoms with Gasteiger partial charge in [0.15, 0.2) is 5.96 Å². The van der Waals surface area contributed by atoms with Crippen LogP contribution in [0.5, 0.6) is 0 Å². The first kappa shape index (κ1) is 11.1. The highest BCUT2D eigenvalue weighted by atomic mass is 16.1. The zero-order valence-corrected chi connectivity index (χ0v) is 9.47. The number of nitrogens with zero attached hydrogens (tertiary/aromatic N) is 1. The van der Waals surface area contributed by atoms with Gasteiger partial charge >= 0.3 is 0 Å². The van der Waals surface area contributed by atoms with Crippen molar-refractivity contribution in [1.82, 2.24) is 0 Å². The Bertz CT molecular complexity index is 613. The minimum atomic E-state index is -0.416. The third-order valence-electron chi connectivity index (χ3n) is 2.60. The van der Waals surface area contributed by atoms with E-state index < -0.39 is 5.91 Å². The Kier molecular flexibility index (Phi) is 2.78. The van der Waals surface area contributed by atoms with Crippen molar-refractivity contribution in [2.45, 2.75) is 6.92 Å². The van der Waals surface area contributed by atoms with Crippen LogP contribution in [0.2, 0.25) is 0 Å². The van der Waals surface area contributed by atoms with Gasteiger partial charge in [-0.3, -0.25) is 4.79 Å². The molecule has 0 aliphatic rings. The van der Waals surface area contributed by atoms with E-state index in [1.54, 1.807) is 6.07 Å². The Balaban J connectivity index is 2.67. The Morgan fingerprint density at radius 1 is 1.06 bits per heavy atom. The third kappa shape index (κ3) is 2.10. The van der Waals surface area contributed by atoms with E-state index in [2.05, 4.69) is 4.99 Å². The summed E-state index contributed by atoms with van der Waals surface area (Å²) in [6, 6.07) is 11.3. The topological polar surface area (TPSA) is 81.5 Å². The normalized spacial score (nSPS) is 10.2. The molecule has 2 aromatic carbocycles. The highest BCUT2D eigenvalue weighted by molar-refractivity contribution is 6.11. The zero-order valence-electron chi connectivity index (χ0n) is 9.47. The van der Waals surface area contributed by atoms with Crippen LogP contribution in [0.3, 0.4) is 0 Å². The number of aliphatic imine (C=N–C) groups is 1. The highest BCUT2D eigenvalue weighted by Gasteiger charge is 2.09. The lowest BCUT2D eigenvalue weighted by molar-refractivity contribution is 0.100. The molecule has 0 aromatic heterocycles. The van der Waals surface area contributed by atoms with Crippen molar-refractivity contribution in [2.24, 2.45) is 16.5 Å². The van der Waals surface area contributed by atoms with Crippen molar-refractivity contribution in [3.8, 4) is 0 Å². The SMILES string of the molecule is Cc1cccc2c(C(=O)N=C(N)N)cccc12. The summed E-state index contributed by atoms with van der Waals surface area (Å²) in [6.07, 6.45) is 0. The maximum absolute atomic E-state index is 11.8. The van der Waals surface area contributed by atoms with Crippen LogP contribution in [0.1, 0.15) is 15.9 Å². The minimum absolute atomic E-state index is 0.223. The molecule has 0 bridgehead atoms. The molecular formula is C13H13N3O. The van der Waals surface area contributed by atoms with Crippen LogP contribution in [-0.2, 0) is 0 Å². The zero-order chi connectivity index (χ0) is 12.4. The largest absolute Gasteiger partial charge is 0.370 e. The van der Waals surface area contributed by atoms with Crippen molar-refractivity contribution >= 4 is 22.6 Å². The number of guanidine groups is 1. The number of fused-ring (bicyclic) bond motifs is 1. The van der Waals surface area contributed by atoms with E-state index in [1.165, 1.54) is 0 Å². The maximum Gasteiger partial charge on any atom is 0.280 e. The molecule has 0 radical (unpaired) electrons. The van der Waals surface area contributed by atoms with Crippen LogP contribution in [0.25, 0.3) is 10.8 Å². The third-order valence-corrected chi connectivity index (χ3v) is 2.60. The van der Waals surface area contributed by atoms with E-state index in [-0.39, 0.29) is 5.96 Å². The van der Waals surface area contributed by atoms with Gasteiger partial charge in [-0.15, -0.1) is 0 Å². The lowest BCUT2D eigenvalue weighted by Gasteiger charge is -2.05. The summed E-state index contributed by atoms with van der Waals surface area (Å²) in [6.45, 7) is 2.00. The molecule has 4 N–H and O–H groups in total. The van der Waals surface area contributed by atoms with E-state index >= 15 is 0 Å². The molecule has 0 fully saturated rings. The van der Waals surface area contributed by atoms with Crippen LogP contribution in [0.15, 0.2) is 41.4 Å². The Labute approximate surface area is 98.9 Å². The fourth-order valence-corrected chi connectivity index (χ4v) is 1.83. The molecule has 86 valence electrons. The predicted octanol–water partition coefficient (Wildman–Crippen LogP) is 1.56. The molecule has 0 aliphatic carbocycles. The van der Waals surface area contributed by atoms with E-state index in [0.717, 1.165) is 16.3 Å².